The Labute approximate surface area is 68.6 Å². The smallest absolute Gasteiger partial charge is 0.0647 e. The molecule has 2 nitrogen and oxygen atoms in total. The summed E-state index contributed by atoms with van der Waals surface area (Å²) in [7, 11) is 0. The molecule has 1 aliphatic rings. The van der Waals surface area contributed by atoms with Gasteiger partial charge in [0.15, 0.2) is 0 Å². The zero-order chi connectivity index (χ0) is 8.32. The Morgan fingerprint density at radius 1 is 1.45 bits per heavy atom. The molecule has 1 heterocycles. The molecule has 11 heavy (non-hydrogen) atoms. The standard InChI is InChI=1S/C9H18O2/c1-9(2,7-10)8-5-3-4-6-11-8/h8,10H,3-7H2,1-2H3. The molecule has 66 valence electrons. The normalized spacial score (nSPS) is 27.0. The number of rotatable bonds is 2. The molecule has 1 aliphatic heterocycles. The van der Waals surface area contributed by atoms with E-state index in [2.05, 4.69) is 13.8 Å². The van der Waals surface area contributed by atoms with Crippen molar-refractivity contribution in [1.82, 2.24) is 0 Å². The average Bonchev–Trinajstić information content (AvgIpc) is 2.06. The fraction of sp³-hybridized carbons (Fsp3) is 1.00. The van der Waals surface area contributed by atoms with Crippen molar-refractivity contribution in [3.63, 3.8) is 0 Å². The van der Waals surface area contributed by atoms with Gasteiger partial charge in [0.2, 0.25) is 0 Å². The minimum absolute atomic E-state index is 0.0551. The van der Waals surface area contributed by atoms with Crippen molar-refractivity contribution in [2.75, 3.05) is 13.2 Å². The Kier molecular flexibility index (Phi) is 2.90. The van der Waals surface area contributed by atoms with E-state index in [9.17, 15) is 0 Å². The Bertz CT molecular complexity index is 115. The zero-order valence-electron chi connectivity index (χ0n) is 7.47. The molecule has 1 rings (SSSR count). The van der Waals surface area contributed by atoms with Crippen LogP contribution in [0, 0.1) is 5.41 Å². The minimum atomic E-state index is -0.0551. The van der Waals surface area contributed by atoms with Crippen LogP contribution < -0.4 is 0 Å². The van der Waals surface area contributed by atoms with Gasteiger partial charge in [0, 0.05) is 12.0 Å². The van der Waals surface area contributed by atoms with Crippen LogP contribution in [0.2, 0.25) is 0 Å². The van der Waals surface area contributed by atoms with Gasteiger partial charge in [-0.2, -0.15) is 0 Å². The van der Waals surface area contributed by atoms with Crippen LogP contribution in [0.4, 0.5) is 0 Å². The molecule has 1 saturated heterocycles. The highest BCUT2D eigenvalue weighted by Crippen LogP contribution is 2.29. The third kappa shape index (κ3) is 2.17. The third-order valence-electron chi connectivity index (χ3n) is 2.46. The molecule has 1 N–H and O–H groups in total. The van der Waals surface area contributed by atoms with E-state index in [1.807, 2.05) is 0 Å². The first-order valence-electron chi connectivity index (χ1n) is 4.39. The predicted octanol–water partition coefficient (Wildman–Crippen LogP) is 1.57. The maximum atomic E-state index is 9.07. The number of ether oxygens (including phenoxy) is 1. The highest BCUT2D eigenvalue weighted by molar-refractivity contribution is 4.80. The van der Waals surface area contributed by atoms with E-state index in [1.54, 1.807) is 0 Å². The second kappa shape index (κ2) is 3.55. The average molecular weight is 158 g/mol. The lowest BCUT2D eigenvalue weighted by Crippen LogP contribution is -2.37. The van der Waals surface area contributed by atoms with Crippen molar-refractivity contribution in [2.24, 2.45) is 5.41 Å². The molecule has 1 fully saturated rings. The molecule has 0 aromatic carbocycles. The lowest BCUT2D eigenvalue weighted by Gasteiger charge is -2.35. The second-order valence-corrected chi connectivity index (χ2v) is 4.00. The summed E-state index contributed by atoms with van der Waals surface area (Å²) in [6.07, 6.45) is 3.79. The molecular formula is C9H18O2. The quantitative estimate of drug-likeness (QED) is 0.661. The minimum Gasteiger partial charge on any atom is -0.396 e. The number of hydrogen-bond donors (Lipinski definition) is 1. The molecule has 0 amide bonds. The molecule has 0 spiro atoms. The number of hydrogen-bond acceptors (Lipinski definition) is 2. The summed E-state index contributed by atoms with van der Waals surface area (Å²) in [6, 6.07) is 0. The summed E-state index contributed by atoms with van der Waals surface area (Å²) in [5.41, 5.74) is -0.0551. The van der Waals surface area contributed by atoms with Gasteiger partial charge in [-0.15, -0.1) is 0 Å². The first-order valence-corrected chi connectivity index (χ1v) is 4.39. The van der Waals surface area contributed by atoms with Gasteiger partial charge in [-0.25, -0.2) is 0 Å². The van der Waals surface area contributed by atoms with Gasteiger partial charge < -0.3 is 9.84 Å². The monoisotopic (exact) mass is 158 g/mol. The summed E-state index contributed by atoms with van der Waals surface area (Å²) in [4.78, 5) is 0. The van der Waals surface area contributed by atoms with Crippen molar-refractivity contribution in [3.8, 4) is 0 Å². The SMILES string of the molecule is CC(C)(CO)C1CCCCO1. The van der Waals surface area contributed by atoms with E-state index in [1.165, 1.54) is 12.8 Å². The molecule has 0 saturated carbocycles. The van der Waals surface area contributed by atoms with Gasteiger partial charge in [-0.3, -0.25) is 0 Å². The van der Waals surface area contributed by atoms with Crippen LogP contribution in [0.3, 0.4) is 0 Å². The zero-order valence-corrected chi connectivity index (χ0v) is 7.47. The fourth-order valence-corrected chi connectivity index (χ4v) is 1.46. The lowest BCUT2D eigenvalue weighted by molar-refractivity contribution is -0.0731. The molecule has 2 heteroatoms. The fourth-order valence-electron chi connectivity index (χ4n) is 1.46. The topological polar surface area (TPSA) is 29.5 Å². The highest BCUT2D eigenvalue weighted by Gasteiger charge is 2.30. The lowest BCUT2D eigenvalue weighted by atomic mass is 9.83. The molecule has 0 aromatic rings. The molecule has 0 aromatic heterocycles. The van der Waals surface area contributed by atoms with Crippen molar-refractivity contribution in [2.45, 2.75) is 39.2 Å². The van der Waals surface area contributed by atoms with E-state index in [0.717, 1.165) is 13.0 Å². The van der Waals surface area contributed by atoms with E-state index < -0.39 is 0 Å². The number of aliphatic hydroxyl groups is 1. The van der Waals surface area contributed by atoms with Crippen LogP contribution in [-0.2, 0) is 4.74 Å². The van der Waals surface area contributed by atoms with Gasteiger partial charge in [0.1, 0.15) is 0 Å². The van der Waals surface area contributed by atoms with Crippen molar-refractivity contribution >= 4 is 0 Å². The summed E-state index contributed by atoms with van der Waals surface area (Å²) in [6.45, 7) is 5.21. The van der Waals surface area contributed by atoms with Crippen LogP contribution in [-0.4, -0.2) is 24.4 Å². The van der Waals surface area contributed by atoms with E-state index in [4.69, 9.17) is 9.84 Å². The molecule has 0 radical (unpaired) electrons. The largest absolute Gasteiger partial charge is 0.396 e. The van der Waals surface area contributed by atoms with Crippen molar-refractivity contribution < 1.29 is 9.84 Å². The highest BCUT2D eigenvalue weighted by atomic mass is 16.5. The number of aliphatic hydroxyl groups excluding tert-OH is 1. The first kappa shape index (κ1) is 9.01. The summed E-state index contributed by atoms with van der Waals surface area (Å²) >= 11 is 0. The predicted molar refractivity (Wildman–Crippen MR) is 44.5 cm³/mol. The summed E-state index contributed by atoms with van der Waals surface area (Å²) < 4.78 is 5.57. The first-order chi connectivity index (χ1) is 5.17. The van der Waals surface area contributed by atoms with Gasteiger partial charge in [0.25, 0.3) is 0 Å². The Balaban J connectivity index is 2.43. The Morgan fingerprint density at radius 2 is 2.18 bits per heavy atom. The molecule has 0 bridgehead atoms. The van der Waals surface area contributed by atoms with Crippen LogP contribution in [0.5, 0.6) is 0 Å². The summed E-state index contributed by atoms with van der Waals surface area (Å²) in [5, 5.41) is 9.07. The second-order valence-electron chi connectivity index (χ2n) is 4.00. The van der Waals surface area contributed by atoms with E-state index in [0.29, 0.717) is 0 Å². The molecule has 1 unspecified atom stereocenters. The molecular weight excluding hydrogens is 140 g/mol. The third-order valence-corrected chi connectivity index (χ3v) is 2.46. The van der Waals surface area contributed by atoms with Gasteiger partial charge >= 0.3 is 0 Å². The van der Waals surface area contributed by atoms with E-state index in [-0.39, 0.29) is 18.1 Å². The van der Waals surface area contributed by atoms with Crippen molar-refractivity contribution in [3.05, 3.63) is 0 Å². The van der Waals surface area contributed by atoms with Gasteiger partial charge in [-0.05, 0) is 19.3 Å². The molecule has 1 atom stereocenters. The summed E-state index contributed by atoms with van der Waals surface area (Å²) in [5.74, 6) is 0. The van der Waals surface area contributed by atoms with Gasteiger partial charge in [0.05, 0.1) is 12.7 Å². The van der Waals surface area contributed by atoms with Crippen LogP contribution in [0.15, 0.2) is 0 Å². The van der Waals surface area contributed by atoms with Crippen molar-refractivity contribution in [1.29, 1.82) is 0 Å². The van der Waals surface area contributed by atoms with Crippen LogP contribution >= 0.6 is 0 Å². The maximum Gasteiger partial charge on any atom is 0.0647 e. The van der Waals surface area contributed by atoms with Gasteiger partial charge in [-0.1, -0.05) is 13.8 Å². The van der Waals surface area contributed by atoms with Crippen LogP contribution in [0.25, 0.3) is 0 Å². The van der Waals surface area contributed by atoms with Crippen LogP contribution in [0.1, 0.15) is 33.1 Å². The maximum absolute atomic E-state index is 9.07. The Morgan fingerprint density at radius 3 is 2.64 bits per heavy atom. The molecule has 0 aliphatic carbocycles. The van der Waals surface area contributed by atoms with E-state index >= 15 is 0 Å². The Hall–Kier alpha value is -0.0800.